The third-order valence-electron chi connectivity index (χ3n) is 8.36. The molecule has 1 spiro atoms. The predicted molar refractivity (Wildman–Crippen MR) is 138 cm³/mol. The summed E-state index contributed by atoms with van der Waals surface area (Å²) in [7, 11) is 2.13. The number of nitrogens with one attached hydrogen (secondary N) is 1. The predicted octanol–water partition coefficient (Wildman–Crippen LogP) is 3.95. The van der Waals surface area contributed by atoms with Gasteiger partial charge in [-0.3, -0.25) is 0 Å². The molecule has 2 aliphatic carbocycles. The third-order valence-corrected chi connectivity index (χ3v) is 8.58. The number of anilines is 1. The van der Waals surface area contributed by atoms with E-state index in [4.69, 9.17) is 31.6 Å². The molecule has 2 aromatic rings. The van der Waals surface area contributed by atoms with E-state index in [0.29, 0.717) is 40.6 Å². The van der Waals surface area contributed by atoms with E-state index in [-0.39, 0.29) is 0 Å². The standard InChI is InChI=1S/C27H31ClN6O2/c1-34-12-4-6-17(34)15-35-22-13-21(28)31-26(32-22)24-18-7-3-11-27(25(18)36-33-24)10-2-5-16-8-9-20(30)19(14-29)23(16)27/h8-9,13,17,22H,2-7,10-12,15,30H2,1H3,(H,31,32). The molecule has 0 bridgehead atoms. The normalized spacial score (nSPS) is 27.6. The Morgan fingerprint density at radius 2 is 2.14 bits per heavy atom. The highest BCUT2D eigenvalue weighted by atomic mass is 35.5. The number of benzene rings is 1. The summed E-state index contributed by atoms with van der Waals surface area (Å²) in [5.74, 6) is 1.41. The molecule has 1 fully saturated rings. The Hall–Kier alpha value is -2.86. The van der Waals surface area contributed by atoms with E-state index in [9.17, 15) is 5.26 Å². The molecule has 3 atom stereocenters. The van der Waals surface area contributed by atoms with Gasteiger partial charge in [0.25, 0.3) is 0 Å². The van der Waals surface area contributed by atoms with E-state index < -0.39 is 11.6 Å². The van der Waals surface area contributed by atoms with Gasteiger partial charge in [-0.2, -0.15) is 5.26 Å². The van der Waals surface area contributed by atoms with Gasteiger partial charge in [0.15, 0.2) is 23.5 Å². The second-order valence-electron chi connectivity index (χ2n) is 10.4. The van der Waals surface area contributed by atoms with Crippen LogP contribution in [0.15, 0.2) is 32.9 Å². The molecule has 3 unspecified atom stereocenters. The van der Waals surface area contributed by atoms with E-state index in [1.165, 1.54) is 12.0 Å². The number of hydrogen-bond donors (Lipinski definition) is 2. The van der Waals surface area contributed by atoms with Crippen LogP contribution in [0.5, 0.6) is 0 Å². The number of nitrogen functional groups attached to an aromatic ring is 1. The first kappa shape index (κ1) is 23.5. The molecule has 36 heavy (non-hydrogen) atoms. The number of fused-ring (bicyclic) bond motifs is 4. The fourth-order valence-corrected chi connectivity index (χ4v) is 6.78. The van der Waals surface area contributed by atoms with Crippen molar-refractivity contribution in [3.8, 4) is 6.07 Å². The van der Waals surface area contributed by atoms with E-state index in [1.54, 1.807) is 6.08 Å². The van der Waals surface area contributed by atoms with Gasteiger partial charge in [-0.05, 0) is 82.2 Å². The molecule has 2 aliphatic heterocycles. The molecule has 1 saturated heterocycles. The van der Waals surface area contributed by atoms with Crippen LogP contribution >= 0.6 is 11.6 Å². The molecule has 0 saturated carbocycles. The van der Waals surface area contributed by atoms with Gasteiger partial charge < -0.3 is 25.2 Å². The lowest BCUT2D eigenvalue weighted by Gasteiger charge is -2.41. The number of nitrogens with zero attached hydrogens (tertiary/aromatic N) is 4. The van der Waals surface area contributed by atoms with Crippen LogP contribution < -0.4 is 11.1 Å². The van der Waals surface area contributed by atoms with Gasteiger partial charge in [-0.15, -0.1) is 0 Å². The van der Waals surface area contributed by atoms with Gasteiger partial charge >= 0.3 is 0 Å². The van der Waals surface area contributed by atoms with Crippen molar-refractivity contribution in [1.82, 2.24) is 15.4 Å². The van der Waals surface area contributed by atoms with Crippen LogP contribution in [0.25, 0.3) is 0 Å². The lowest BCUT2D eigenvalue weighted by molar-refractivity contribution is 0.0518. The molecule has 8 nitrogen and oxygen atoms in total. The third kappa shape index (κ3) is 3.81. The highest BCUT2D eigenvalue weighted by Gasteiger charge is 2.48. The SMILES string of the molecule is CN1CCCC1COC1C=C(Cl)NC(c2noc3c2CCCC32CCCc3ccc(N)c(C#N)c32)=N1. The zero-order chi connectivity index (χ0) is 24.9. The monoisotopic (exact) mass is 506 g/mol. The molecule has 9 heteroatoms. The number of ether oxygens (including phenoxy) is 1. The van der Waals surface area contributed by atoms with Gasteiger partial charge in [0.2, 0.25) is 0 Å². The first-order valence-electron chi connectivity index (χ1n) is 12.9. The summed E-state index contributed by atoms with van der Waals surface area (Å²) in [5.41, 5.74) is 10.9. The van der Waals surface area contributed by atoms with Crippen molar-refractivity contribution in [2.45, 2.75) is 69.1 Å². The summed E-state index contributed by atoms with van der Waals surface area (Å²) >= 11 is 6.47. The fourth-order valence-electron chi connectivity index (χ4n) is 6.59. The minimum absolute atomic E-state index is 0.398. The summed E-state index contributed by atoms with van der Waals surface area (Å²) in [5, 5.41) is 18.2. The number of aliphatic imine (C=N–C) groups is 1. The van der Waals surface area contributed by atoms with Crippen molar-refractivity contribution in [2.75, 3.05) is 25.9 Å². The van der Waals surface area contributed by atoms with Crippen LogP contribution in [0.2, 0.25) is 0 Å². The number of aromatic nitrogens is 1. The van der Waals surface area contributed by atoms with Crippen molar-refractivity contribution in [2.24, 2.45) is 4.99 Å². The number of nitriles is 1. The number of likely N-dealkylation sites (tertiary alicyclic amines) is 1. The number of amidine groups is 1. The molecule has 1 aromatic carbocycles. The van der Waals surface area contributed by atoms with Crippen molar-refractivity contribution >= 4 is 23.1 Å². The summed E-state index contributed by atoms with van der Waals surface area (Å²) in [4.78, 5) is 7.13. The van der Waals surface area contributed by atoms with Gasteiger partial charge in [0.05, 0.1) is 17.6 Å². The molecule has 3 heterocycles. The summed E-state index contributed by atoms with van der Waals surface area (Å²) in [6.45, 7) is 1.70. The number of nitrogens with two attached hydrogens (primary N) is 1. The van der Waals surface area contributed by atoms with Crippen molar-refractivity contribution in [1.29, 1.82) is 5.26 Å². The lowest BCUT2D eigenvalue weighted by Crippen LogP contribution is -2.37. The van der Waals surface area contributed by atoms with Crippen LogP contribution in [-0.4, -0.2) is 48.4 Å². The van der Waals surface area contributed by atoms with Gasteiger partial charge in [-0.1, -0.05) is 22.8 Å². The molecular weight excluding hydrogens is 476 g/mol. The average molecular weight is 507 g/mol. The Kier molecular flexibility index (Phi) is 6.03. The van der Waals surface area contributed by atoms with E-state index in [2.05, 4.69) is 34.6 Å². The molecule has 4 aliphatic rings. The zero-order valence-electron chi connectivity index (χ0n) is 20.5. The summed E-state index contributed by atoms with van der Waals surface area (Å²) in [6.07, 6.45) is 9.19. The Labute approximate surface area is 216 Å². The molecular formula is C27H31ClN6O2. The summed E-state index contributed by atoms with van der Waals surface area (Å²) < 4.78 is 12.3. The second kappa shape index (κ2) is 9.22. The second-order valence-corrected chi connectivity index (χ2v) is 10.8. The molecule has 0 amide bonds. The Morgan fingerprint density at radius 3 is 2.92 bits per heavy atom. The van der Waals surface area contributed by atoms with Crippen molar-refractivity contribution < 1.29 is 9.26 Å². The van der Waals surface area contributed by atoms with E-state index in [1.807, 2.05) is 6.07 Å². The molecule has 3 N–H and O–H groups in total. The molecule has 6 rings (SSSR count). The smallest absolute Gasteiger partial charge is 0.172 e. The molecule has 188 valence electrons. The van der Waals surface area contributed by atoms with Crippen LogP contribution in [0.4, 0.5) is 5.69 Å². The van der Waals surface area contributed by atoms with Crippen LogP contribution in [0.3, 0.4) is 0 Å². The number of hydrogen-bond acceptors (Lipinski definition) is 8. The molecule has 0 radical (unpaired) electrons. The minimum atomic E-state index is -0.479. The van der Waals surface area contributed by atoms with E-state index >= 15 is 0 Å². The number of rotatable bonds is 4. The quantitative estimate of drug-likeness (QED) is 0.476. The minimum Gasteiger partial charge on any atom is -0.398 e. The van der Waals surface area contributed by atoms with Gasteiger partial charge in [0.1, 0.15) is 11.2 Å². The first-order valence-corrected chi connectivity index (χ1v) is 13.2. The highest BCUT2D eigenvalue weighted by Crippen LogP contribution is 2.52. The Morgan fingerprint density at radius 1 is 1.31 bits per heavy atom. The van der Waals surface area contributed by atoms with Crippen LogP contribution in [-0.2, 0) is 23.0 Å². The van der Waals surface area contributed by atoms with Crippen LogP contribution in [0.1, 0.15) is 72.2 Å². The highest BCUT2D eigenvalue weighted by molar-refractivity contribution is 6.31. The van der Waals surface area contributed by atoms with Crippen molar-refractivity contribution in [3.05, 3.63) is 57.1 Å². The first-order chi connectivity index (χ1) is 17.5. The molecule has 1 aromatic heterocycles. The van der Waals surface area contributed by atoms with Gasteiger partial charge in [0, 0.05) is 23.4 Å². The maximum atomic E-state index is 10.0. The topological polar surface area (TPSA) is 113 Å². The average Bonchev–Trinajstić information content (AvgIpc) is 3.50. The Balaban J connectivity index is 1.36. The number of likely N-dealkylation sites (N-methyl/N-ethyl adjacent to an activating group) is 1. The number of aryl methyl sites for hydroxylation is 1. The zero-order valence-corrected chi connectivity index (χ0v) is 21.3. The summed E-state index contributed by atoms with van der Waals surface area (Å²) in [6, 6.07) is 6.70. The Bertz CT molecular complexity index is 1290. The maximum Gasteiger partial charge on any atom is 0.172 e. The largest absolute Gasteiger partial charge is 0.398 e. The lowest BCUT2D eigenvalue weighted by atomic mass is 9.61. The van der Waals surface area contributed by atoms with Gasteiger partial charge in [-0.25, -0.2) is 4.99 Å². The van der Waals surface area contributed by atoms with Crippen LogP contribution in [0, 0.1) is 11.3 Å². The van der Waals surface area contributed by atoms with E-state index in [0.717, 1.165) is 68.4 Å². The fraction of sp³-hybridized carbons (Fsp3) is 0.519. The number of halogens is 1. The van der Waals surface area contributed by atoms with Crippen molar-refractivity contribution in [3.63, 3.8) is 0 Å². The maximum absolute atomic E-state index is 10.0.